The zero-order chi connectivity index (χ0) is 19.4. The van der Waals surface area contributed by atoms with E-state index in [2.05, 4.69) is 10.2 Å². The second-order valence-corrected chi connectivity index (χ2v) is 7.16. The van der Waals surface area contributed by atoms with Gasteiger partial charge in [-0.15, -0.1) is 0 Å². The number of halogens is 2. The first-order valence-corrected chi connectivity index (χ1v) is 9.63. The molecule has 0 saturated carbocycles. The van der Waals surface area contributed by atoms with E-state index in [9.17, 15) is 9.59 Å². The molecule has 0 unspecified atom stereocenters. The minimum absolute atomic E-state index is 0.165. The highest BCUT2D eigenvalue weighted by Gasteiger charge is 2.22. The number of anilines is 2. The number of carbonyl (C=O) groups is 2. The van der Waals surface area contributed by atoms with E-state index >= 15 is 0 Å². The molecule has 3 rings (SSSR count). The Labute approximate surface area is 168 Å². The average molecular weight is 406 g/mol. The van der Waals surface area contributed by atoms with Gasteiger partial charge in [0.05, 0.1) is 22.0 Å². The van der Waals surface area contributed by atoms with Crippen LogP contribution in [0.15, 0.2) is 42.5 Å². The minimum Gasteiger partial charge on any atom is -0.366 e. The van der Waals surface area contributed by atoms with E-state index in [-0.39, 0.29) is 11.8 Å². The number of amides is 2. The van der Waals surface area contributed by atoms with Crippen molar-refractivity contribution in [2.75, 3.05) is 36.4 Å². The normalized spacial score (nSPS) is 14.2. The summed E-state index contributed by atoms with van der Waals surface area (Å²) >= 11 is 12.3. The molecule has 5 nitrogen and oxygen atoms in total. The molecule has 0 atom stereocenters. The second-order valence-electron chi connectivity index (χ2n) is 6.32. The van der Waals surface area contributed by atoms with E-state index in [4.69, 9.17) is 23.2 Å². The Morgan fingerprint density at radius 1 is 1.04 bits per heavy atom. The van der Waals surface area contributed by atoms with Crippen LogP contribution >= 0.6 is 23.2 Å². The molecule has 1 aliphatic heterocycles. The average Bonchev–Trinajstić information content (AvgIpc) is 2.68. The summed E-state index contributed by atoms with van der Waals surface area (Å²) in [4.78, 5) is 28.5. The number of hydrogen-bond donors (Lipinski definition) is 1. The lowest BCUT2D eigenvalue weighted by Crippen LogP contribution is -2.48. The van der Waals surface area contributed by atoms with Crippen molar-refractivity contribution in [3.8, 4) is 0 Å². The van der Waals surface area contributed by atoms with Gasteiger partial charge in [0.2, 0.25) is 5.91 Å². The maximum atomic E-state index is 12.7. The Bertz CT molecular complexity index is 849. The van der Waals surface area contributed by atoms with Crippen molar-refractivity contribution < 1.29 is 9.59 Å². The van der Waals surface area contributed by atoms with Crippen molar-refractivity contribution >= 4 is 46.4 Å². The van der Waals surface area contributed by atoms with Gasteiger partial charge >= 0.3 is 0 Å². The molecule has 27 heavy (non-hydrogen) atoms. The third kappa shape index (κ3) is 4.54. The topological polar surface area (TPSA) is 52.7 Å². The van der Waals surface area contributed by atoms with Crippen LogP contribution in [0.2, 0.25) is 10.0 Å². The summed E-state index contributed by atoms with van der Waals surface area (Å²) < 4.78 is 0. The van der Waals surface area contributed by atoms with Gasteiger partial charge in [0.15, 0.2) is 0 Å². The predicted octanol–water partition coefficient (Wildman–Crippen LogP) is 4.30. The monoisotopic (exact) mass is 405 g/mol. The highest BCUT2D eigenvalue weighted by molar-refractivity contribution is 6.34. The van der Waals surface area contributed by atoms with Crippen LogP contribution < -0.4 is 10.2 Å². The van der Waals surface area contributed by atoms with Crippen LogP contribution in [0.25, 0.3) is 0 Å². The fourth-order valence-electron chi connectivity index (χ4n) is 3.14. The first-order valence-electron chi connectivity index (χ1n) is 8.87. The molecule has 2 aromatic carbocycles. The molecular weight excluding hydrogens is 385 g/mol. The van der Waals surface area contributed by atoms with Crippen molar-refractivity contribution in [3.63, 3.8) is 0 Å². The first kappa shape index (κ1) is 19.5. The van der Waals surface area contributed by atoms with E-state index in [1.165, 1.54) is 0 Å². The van der Waals surface area contributed by atoms with E-state index in [0.717, 1.165) is 5.69 Å². The lowest BCUT2D eigenvalue weighted by atomic mass is 10.1. The van der Waals surface area contributed by atoms with Crippen LogP contribution in [0, 0.1) is 0 Å². The molecule has 7 heteroatoms. The molecule has 0 radical (unpaired) electrons. The van der Waals surface area contributed by atoms with Crippen molar-refractivity contribution in [2.24, 2.45) is 0 Å². The fraction of sp³-hybridized carbons (Fsp3) is 0.300. The van der Waals surface area contributed by atoms with Gasteiger partial charge in [-0.3, -0.25) is 9.59 Å². The van der Waals surface area contributed by atoms with Gasteiger partial charge in [-0.1, -0.05) is 42.3 Å². The Balaban J connectivity index is 1.79. The van der Waals surface area contributed by atoms with E-state index in [0.29, 0.717) is 53.9 Å². The third-order valence-electron chi connectivity index (χ3n) is 4.60. The van der Waals surface area contributed by atoms with Crippen molar-refractivity contribution in [3.05, 3.63) is 58.1 Å². The first-order chi connectivity index (χ1) is 13.0. The molecular formula is C20H21Cl2N3O2. The summed E-state index contributed by atoms with van der Waals surface area (Å²) in [7, 11) is 0. The molecule has 1 N–H and O–H groups in total. The van der Waals surface area contributed by atoms with Gasteiger partial charge in [0, 0.05) is 37.6 Å². The number of hydrogen-bond acceptors (Lipinski definition) is 3. The number of nitrogens with one attached hydrogen (secondary N) is 1. The molecule has 1 fully saturated rings. The molecule has 2 aromatic rings. The number of nitrogens with zero attached hydrogens (tertiary/aromatic N) is 2. The largest absolute Gasteiger partial charge is 0.366 e. The quantitative estimate of drug-likeness (QED) is 0.824. The highest BCUT2D eigenvalue weighted by atomic mass is 35.5. The zero-order valence-corrected chi connectivity index (χ0v) is 16.6. The van der Waals surface area contributed by atoms with Crippen LogP contribution in [0.1, 0.15) is 23.7 Å². The van der Waals surface area contributed by atoms with Crippen LogP contribution in [0.5, 0.6) is 0 Å². The molecule has 1 heterocycles. The summed E-state index contributed by atoms with van der Waals surface area (Å²) in [5.41, 5.74) is 1.91. The minimum atomic E-state index is -0.288. The van der Waals surface area contributed by atoms with E-state index in [1.807, 2.05) is 17.9 Å². The molecule has 0 aliphatic carbocycles. The summed E-state index contributed by atoms with van der Waals surface area (Å²) in [6.45, 7) is 4.58. The van der Waals surface area contributed by atoms with Crippen LogP contribution in [-0.2, 0) is 4.79 Å². The number of rotatable bonds is 4. The van der Waals surface area contributed by atoms with Gasteiger partial charge in [-0.05, 0) is 30.3 Å². The number of benzene rings is 2. The third-order valence-corrected chi connectivity index (χ3v) is 5.17. The van der Waals surface area contributed by atoms with Gasteiger partial charge in [0.1, 0.15) is 0 Å². The molecule has 0 bridgehead atoms. The summed E-state index contributed by atoms with van der Waals surface area (Å²) in [5, 5.41) is 3.85. The fourth-order valence-corrected chi connectivity index (χ4v) is 3.53. The molecule has 0 spiro atoms. The van der Waals surface area contributed by atoms with Gasteiger partial charge < -0.3 is 15.1 Å². The maximum absolute atomic E-state index is 12.7. The van der Waals surface area contributed by atoms with Gasteiger partial charge in [0.25, 0.3) is 5.91 Å². The second kappa shape index (κ2) is 8.63. The van der Waals surface area contributed by atoms with Crippen molar-refractivity contribution in [2.45, 2.75) is 13.3 Å². The summed E-state index contributed by atoms with van der Waals surface area (Å²) in [6.07, 6.45) is 0.514. The van der Waals surface area contributed by atoms with Crippen molar-refractivity contribution in [1.29, 1.82) is 0 Å². The Morgan fingerprint density at radius 2 is 1.74 bits per heavy atom. The van der Waals surface area contributed by atoms with E-state index in [1.54, 1.807) is 36.4 Å². The SMILES string of the molecule is CCC(=O)N1CCN(c2ccc(Cl)cc2NC(=O)c2ccccc2Cl)CC1. The molecule has 142 valence electrons. The predicted molar refractivity (Wildman–Crippen MR) is 110 cm³/mol. The lowest BCUT2D eigenvalue weighted by molar-refractivity contribution is -0.131. The summed E-state index contributed by atoms with van der Waals surface area (Å²) in [6, 6.07) is 12.3. The molecule has 2 amide bonds. The Morgan fingerprint density at radius 3 is 2.41 bits per heavy atom. The van der Waals surface area contributed by atoms with Crippen molar-refractivity contribution in [1.82, 2.24) is 4.90 Å². The zero-order valence-electron chi connectivity index (χ0n) is 15.0. The van der Waals surface area contributed by atoms with Crippen LogP contribution in [0.3, 0.4) is 0 Å². The van der Waals surface area contributed by atoms with E-state index < -0.39 is 0 Å². The Kier molecular flexibility index (Phi) is 6.24. The van der Waals surface area contributed by atoms with Gasteiger partial charge in [-0.25, -0.2) is 0 Å². The lowest BCUT2D eigenvalue weighted by Gasteiger charge is -2.37. The Hall–Kier alpha value is -2.24. The number of piperazine rings is 1. The van der Waals surface area contributed by atoms with Crippen LogP contribution in [-0.4, -0.2) is 42.9 Å². The van der Waals surface area contributed by atoms with Crippen LogP contribution in [0.4, 0.5) is 11.4 Å². The summed E-state index contributed by atoms with van der Waals surface area (Å²) in [5.74, 6) is -0.123. The molecule has 1 saturated heterocycles. The number of carbonyl (C=O) groups excluding carboxylic acids is 2. The smallest absolute Gasteiger partial charge is 0.257 e. The maximum Gasteiger partial charge on any atom is 0.257 e. The standard InChI is InChI=1S/C20H21Cl2N3O2/c1-2-19(26)25-11-9-24(10-12-25)18-8-7-14(21)13-17(18)23-20(27)15-5-3-4-6-16(15)22/h3-8,13H,2,9-12H2,1H3,(H,23,27). The molecule has 0 aromatic heterocycles. The highest BCUT2D eigenvalue weighted by Crippen LogP contribution is 2.31. The molecule has 1 aliphatic rings. The van der Waals surface area contributed by atoms with Gasteiger partial charge in [-0.2, -0.15) is 0 Å².